The van der Waals surface area contributed by atoms with Gasteiger partial charge in [0.25, 0.3) is 0 Å². The van der Waals surface area contributed by atoms with E-state index >= 15 is 0 Å². The van der Waals surface area contributed by atoms with Gasteiger partial charge in [-0.3, -0.25) is 9.67 Å². The molecule has 0 saturated carbocycles. The van der Waals surface area contributed by atoms with Gasteiger partial charge in [0.05, 0.1) is 29.9 Å². The molecule has 0 fully saturated rings. The number of aromatic nitrogens is 3. The van der Waals surface area contributed by atoms with Gasteiger partial charge in [0.15, 0.2) is 0 Å². The van der Waals surface area contributed by atoms with Gasteiger partial charge in [0, 0.05) is 32.4 Å². The molecule has 0 aliphatic rings. The van der Waals surface area contributed by atoms with Crippen molar-refractivity contribution in [1.82, 2.24) is 14.8 Å². The monoisotopic (exact) mass is 260 g/mol. The van der Waals surface area contributed by atoms with Gasteiger partial charge in [-0.1, -0.05) is 6.92 Å². The smallest absolute Gasteiger partial charge is 0.0957 e. The molecule has 0 spiro atoms. The Bertz CT molecular complexity index is 520. The Morgan fingerprint density at radius 1 is 1.37 bits per heavy atom. The third-order valence-electron chi connectivity index (χ3n) is 3.12. The molecular formula is C14H20N4O. The predicted molar refractivity (Wildman–Crippen MR) is 74.8 cm³/mol. The van der Waals surface area contributed by atoms with Gasteiger partial charge in [0.1, 0.15) is 0 Å². The molecule has 1 N–H and O–H groups in total. The van der Waals surface area contributed by atoms with Crippen LogP contribution in [0.1, 0.15) is 30.7 Å². The Morgan fingerprint density at radius 2 is 2.16 bits per heavy atom. The number of nitrogens with zero attached hydrogens (tertiary/aromatic N) is 4. The molecular weight excluding hydrogens is 240 g/mol. The van der Waals surface area contributed by atoms with Crippen molar-refractivity contribution < 1.29 is 5.11 Å². The molecule has 102 valence electrons. The lowest BCUT2D eigenvalue weighted by molar-refractivity contribution is 0.169. The van der Waals surface area contributed by atoms with Gasteiger partial charge in [-0.2, -0.15) is 5.10 Å². The molecule has 0 aliphatic carbocycles. The largest absolute Gasteiger partial charge is 0.387 e. The van der Waals surface area contributed by atoms with E-state index in [9.17, 15) is 5.11 Å². The maximum atomic E-state index is 9.71. The summed E-state index contributed by atoms with van der Waals surface area (Å²) in [6.07, 6.45) is 5.86. The minimum atomic E-state index is -0.474. The molecule has 2 aromatic rings. The molecule has 0 amide bonds. The molecule has 5 heteroatoms. The molecule has 0 aliphatic heterocycles. The lowest BCUT2D eigenvalue weighted by Gasteiger charge is -2.18. The number of aryl methyl sites for hydroxylation is 1. The average molecular weight is 260 g/mol. The lowest BCUT2D eigenvalue weighted by atomic mass is 10.2. The molecule has 19 heavy (non-hydrogen) atoms. The van der Waals surface area contributed by atoms with Gasteiger partial charge in [-0.15, -0.1) is 0 Å². The number of rotatable bonds is 5. The molecule has 2 rings (SSSR count). The average Bonchev–Trinajstić information content (AvgIpc) is 2.83. The fraction of sp³-hybridized carbons (Fsp3) is 0.429. The first-order valence-corrected chi connectivity index (χ1v) is 6.42. The Kier molecular flexibility index (Phi) is 4.16. The maximum Gasteiger partial charge on any atom is 0.0957 e. The van der Waals surface area contributed by atoms with Gasteiger partial charge in [-0.05, 0) is 18.6 Å². The molecule has 2 aromatic heterocycles. The van der Waals surface area contributed by atoms with E-state index in [1.54, 1.807) is 10.9 Å². The first-order chi connectivity index (χ1) is 9.10. The second-order valence-corrected chi connectivity index (χ2v) is 4.74. The maximum absolute atomic E-state index is 9.71. The number of aliphatic hydroxyl groups is 1. The normalized spacial score (nSPS) is 12.4. The van der Waals surface area contributed by atoms with Crippen molar-refractivity contribution in [2.45, 2.75) is 26.0 Å². The van der Waals surface area contributed by atoms with Gasteiger partial charge in [0.2, 0.25) is 0 Å². The van der Waals surface area contributed by atoms with Gasteiger partial charge >= 0.3 is 0 Å². The highest BCUT2D eigenvalue weighted by Crippen LogP contribution is 2.18. The van der Waals surface area contributed by atoms with Crippen LogP contribution in [-0.4, -0.2) is 26.9 Å². The summed E-state index contributed by atoms with van der Waals surface area (Å²) in [6, 6.07) is 3.86. The van der Waals surface area contributed by atoms with Gasteiger partial charge < -0.3 is 10.0 Å². The van der Waals surface area contributed by atoms with Crippen LogP contribution in [0.15, 0.2) is 30.7 Å². The van der Waals surface area contributed by atoms with Crippen LogP contribution in [0.4, 0.5) is 5.69 Å². The van der Waals surface area contributed by atoms with E-state index in [2.05, 4.69) is 15.0 Å². The summed E-state index contributed by atoms with van der Waals surface area (Å²) in [5.74, 6) is 0. The quantitative estimate of drug-likeness (QED) is 0.892. The van der Waals surface area contributed by atoms with Crippen LogP contribution in [-0.2, 0) is 13.6 Å². The Morgan fingerprint density at radius 3 is 2.68 bits per heavy atom. The van der Waals surface area contributed by atoms with E-state index in [1.165, 1.54) is 0 Å². The van der Waals surface area contributed by atoms with E-state index in [-0.39, 0.29) is 0 Å². The summed E-state index contributed by atoms with van der Waals surface area (Å²) in [6.45, 7) is 2.72. The zero-order chi connectivity index (χ0) is 13.8. The fourth-order valence-corrected chi connectivity index (χ4v) is 1.95. The molecule has 5 nitrogen and oxygen atoms in total. The third-order valence-corrected chi connectivity index (χ3v) is 3.12. The summed E-state index contributed by atoms with van der Waals surface area (Å²) < 4.78 is 1.79. The Hall–Kier alpha value is -1.88. The SMILES string of the molecule is CCC(O)c1ccc(N(C)Cc2cnn(C)c2)cn1. The van der Waals surface area contributed by atoms with Crippen molar-refractivity contribution in [2.75, 3.05) is 11.9 Å². The van der Waals surface area contributed by atoms with Crippen molar-refractivity contribution in [1.29, 1.82) is 0 Å². The third kappa shape index (κ3) is 3.32. The van der Waals surface area contributed by atoms with Crippen LogP contribution in [0.3, 0.4) is 0 Å². The van der Waals surface area contributed by atoms with Crippen LogP contribution in [0.25, 0.3) is 0 Å². The minimum absolute atomic E-state index is 0.474. The van der Waals surface area contributed by atoms with Crippen LogP contribution >= 0.6 is 0 Å². The fourth-order valence-electron chi connectivity index (χ4n) is 1.95. The van der Waals surface area contributed by atoms with Crippen molar-refractivity contribution in [3.8, 4) is 0 Å². The van der Waals surface area contributed by atoms with Crippen molar-refractivity contribution in [3.63, 3.8) is 0 Å². The van der Waals surface area contributed by atoms with Crippen molar-refractivity contribution in [3.05, 3.63) is 42.0 Å². The molecule has 0 aromatic carbocycles. The first kappa shape index (κ1) is 13.5. The number of pyridine rings is 1. The highest BCUT2D eigenvalue weighted by molar-refractivity contribution is 5.44. The summed E-state index contributed by atoms with van der Waals surface area (Å²) in [7, 11) is 3.92. The van der Waals surface area contributed by atoms with Crippen LogP contribution < -0.4 is 4.90 Å². The lowest BCUT2D eigenvalue weighted by Crippen LogP contribution is -2.16. The molecule has 0 bridgehead atoms. The highest BCUT2D eigenvalue weighted by Gasteiger charge is 2.08. The van der Waals surface area contributed by atoms with E-state index in [0.29, 0.717) is 6.42 Å². The van der Waals surface area contributed by atoms with Crippen LogP contribution in [0.2, 0.25) is 0 Å². The van der Waals surface area contributed by atoms with E-state index in [1.807, 2.05) is 45.5 Å². The molecule has 1 atom stereocenters. The summed E-state index contributed by atoms with van der Waals surface area (Å²) >= 11 is 0. The highest BCUT2D eigenvalue weighted by atomic mass is 16.3. The minimum Gasteiger partial charge on any atom is -0.387 e. The van der Waals surface area contributed by atoms with Crippen LogP contribution in [0, 0.1) is 0 Å². The summed E-state index contributed by atoms with van der Waals surface area (Å²) in [5.41, 5.74) is 2.90. The number of hydrogen-bond acceptors (Lipinski definition) is 4. The molecule has 1 unspecified atom stereocenters. The summed E-state index contributed by atoms with van der Waals surface area (Å²) in [4.78, 5) is 6.41. The standard InChI is InChI=1S/C14H20N4O/c1-4-14(19)13-6-5-12(8-15-13)17(2)9-11-7-16-18(3)10-11/h5-8,10,14,19H,4,9H2,1-3H3. The van der Waals surface area contributed by atoms with E-state index in [4.69, 9.17) is 0 Å². The zero-order valence-corrected chi connectivity index (χ0v) is 11.6. The summed E-state index contributed by atoms with van der Waals surface area (Å²) in [5, 5.41) is 13.9. The Balaban J connectivity index is 2.05. The first-order valence-electron chi connectivity index (χ1n) is 6.42. The number of aliphatic hydroxyl groups excluding tert-OH is 1. The van der Waals surface area contributed by atoms with Crippen molar-refractivity contribution >= 4 is 5.69 Å². The van der Waals surface area contributed by atoms with E-state index in [0.717, 1.165) is 23.5 Å². The molecule has 2 heterocycles. The number of hydrogen-bond donors (Lipinski definition) is 1. The van der Waals surface area contributed by atoms with E-state index < -0.39 is 6.10 Å². The molecule has 0 saturated heterocycles. The topological polar surface area (TPSA) is 54.2 Å². The predicted octanol–water partition coefficient (Wildman–Crippen LogP) is 1.89. The zero-order valence-electron chi connectivity index (χ0n) is 11.6. The van der Waals surface area contributed by atoms with Crippen LogP contribution in [0.5, 0.6) is 0 Å². The second-order valence-electron chi connectivity index (χ2n) is 4.74. The van der Waals surface area contributed by atoms with Crippen molar-refractivity contribution in [2.24, 2.45) is 7.05 Å². The molecule has 0 radical (unpaired) electrons. The second kappa shape index (κ2) is 5.84. The Labute approximate surface area is 113 Å². The number of anilines is 1. The van der Waals surface area contributed by atoms with Gasteiger partial charge in [-0.25, -0.2) is 0 Å².